The number of nitrogens with two attached hydrogens (primary N) is 1. The summed E-state index contributed by atoms with van der Waals surface area (Å²) in [7, 11) is 0. The second kappa shape index (κ2) is 8.74. The molecule has 1 amide bonds. The zero-order valence-corrected chi connectivity index (χ0v) is 12.6. The molecule has 2 heterocycles. The van der Waals surface area contributed by atoms with Crippen LogP contribution in [-0.2, 0) is 11.2 Å². The molecule has 1 fully saturated rings. The van der Waals surface area contributed by atoms with Gasteiger partial charge < -0.3 is 11.1 Å². The zero-order chi connectivity index (χ0) is 14.9. The summed E-state index contributed by atoms with van der Waals surface area (Å²) in [5, 5.41) is 3.48. The molecule has 1 aliphatic rings. The summed E-state index contributed by atoms with van der Waals surface area (Å²) < 4.78 is 0. The van der Waals surface area contributed by atoms with Crippen molar-refractivity contribution in [2.75, 3.05) is 26.2 Å². The first-order valence-electron chi connectivity index (χ1n) is 7.87. The van der Waals surface area contributed by atoms with Crippen molar-refractivity contribution < 1.29 is 4.79 Å². The summed E-state index contributed by atoms with van der Waals surface area (Å²) in [5.74, 6) is -0.187. The average Bonchev–Trinajstić information content (AvgIpc) is 2.49. The molecule has 1 atom stereocenters. The largest absolute Gasteiger partial charge is 0.370 e. The first-order valence-corrected chi connectivity index (χ1v) is 7.87. The highest BCUT2D eigenvalue weighted by molar-refractivity contribution is 5.73. The van der Waals surface area contributed by atoms with Crippen molar-refractivity contribution in [1.29, 1.82) is 0 Å². The van der Waals surface area contributed by atoms with Gasteiger partial charge in [0.1, 0.15) is 0 Å². The number of nitrogens with one attached hydrogen (secondary N) is 1. The molecular weight excluding hydrogens is 264 g/mol. The van der Waals surface area contributed by atoms with E-state index in [-0.39, 0.29) is 5.91 Å². The zero-order valence-electron chi connectivity index (χ0n) is 12.6. The van der Waals surface area contributed by atoms with E-state index in [0.29, 0.717) is 12.5 Å². The minimum absolute atomic E-state index is 0.187. The molecule has 21 heavy (non-hydrogen) atoms. The molecule has 3 N–H and O–H groups in total. The Morgan fingerprint density at radius 1 is 1.33 bits per heavy atom. The number of amides is 1. The minimum Gasteiger partial charge on any atom is -0.370 e. The lowest BCUT2D eigenvalue weighted by Gasteiger charge is -2.36. The van der Waals surface area contributed by atoms with Crippen LogP contribution in [0.15, 0.2) is 24.5 Å². The highest BCUT2D eigenvalue weighted by Crippen LogP contribution is 2.12. The summed E-state index contributed by atoms with van der Waals surface area (Å²) >= 11 is 0. The molecule has 0 saturated carbocycles. The van der Waals surface area contributed by atoms with Gasteiger partial charge in [-0.15, -0.1) is 0 Å². The van der Waals surface area contributed by atoms with E-state index in [1.165, 1.54) is 5.56 Å². The van der Waals surface area contributed by atoms with E-state index in [4.69, 9.17) is 5.73 Å². The van der Waals surface area contributed by atoms with Crippen molar-refractivity contribution in [3.8, 4) is 0 Å². The fourth-order valence-electron chi connectivity index (χ4n) is 2.88. The Morgan fingerprint density at radius 2 is 2.14 bits per heavy atom. The van der Waals surface area contributed by atoms with Gasteiger partial charge in [-0.1, -0.05) is 6.42 Å². The lowest BCUT2D eigenvalue weighted by Crippen LogP contribution is -2.52. The predicted octanol–water partition coefficient (Wildman–Crippen LogP) is 0.944. The first kappa shape index (κ1) is 15.9. The number of nitrogens with zero attached hydrogens (tertiary/aromatic N) is 2. The number of hydrogen-bond donors (Lipinski definition) is 2. The summed E-state index contributed by atoms with van der Waals surface area (Å²) in [6.45, 7) is 4.32. The lowest BCUT2D eigenvalue weighted by atomic mass is 10.0. The normalized spacial score (nSPS) is 19.5. The molecule has 0 radical (unpaired) electrons. The van der Waals surface area contributed by atoms with Crippen LogP contribution in [-0.4, -0.2) is 48.0 Å². The number of primary amides is 1. The van der Waals surface area contributed by atoms with E-state index in [9.17, 15) is 4.79 Å². The predicted molar refractivity (Wildman–Crippen MR) is 83.8 cm³/mol. The van der Waals surface area contributed by atoms with Gasteiger partial charge >= 0.3 is 0 Å². The van der Waals surface area contributed by atoms with Gasteiger partial charge in [-0.05, 0) is 43.5 Å². The van der Waals surface area contributed by atoms with Gasteiger partial charge in [-0.3, -0.25) is 14.7 Å². The second-order valence-corrected chi connectivity index (χ2v) is 5.73. The van der Waals surface area contributed by atoms with Crippen molar-refractivity contribution in [2.45, 2.75) is 38.1 Å². The van der Waals surface area contributed by atoms with Crippen LogP contribution in [0.1, 0.15) is 31.2 Å². The molecule has 1 aliphatic heterocycles. The second-order valence-electron chi connectivity index (χ2n) is 5.73. The van der Waals surface area contributed by atoms with E-state index in [2.05, 4.69) is 27.3 Å². The van der Waals surface area contributed by atoms with E-state index in [0.717, 1.165) is 51.9 Å². The van der Waals surface area contributed by atoms with Crippen LogP contribution in [0.5, 0.6) is 0 Å². The van der Waals surface area contributed by atoms with E-state index in [1.807, 2.05) is 12.4 Å². The number of carbonyl (C=O) groups excluding carboxylic acids is 1. The minimum atomic E-state index is -0.187. The van der Waals surface area contributed by atoms with Gasteiger partial charge in [-0.25, -0.2) is 0 Å². The van der Waals surface area contributed by atoms with Gasteiger partial charge in [0.2, 0.25) is 5.91 Å². The van der Waals surface area contributed by atoms with E-state index in [1.54, 1.807) is 0 Å². The Balaban J connectivity index is 1.75. The Morgan fingerprint density at radius 3 is 2.90 bits per heavy atom. The van der Waals surface area contributed by atoms with Crippen molar-refractivity contribution in [1.82, 2.24) is 15.2 Å². The summed E-state index contributed by atoms with van der Waals surface area (Å²) in [5.41, 5.74) is 6.51. The molecule has 0 bridgehead atoms. The molecule has 1 aromatic heterocycles. The van der Waals surface area contributed by atoms with Crippen molar-refractivity contribution in [3.63, 3.8) is 0 Å². The maximum Gasteiger partial charge on any atom is 0.217 e. The maximum absolute atomic E-state index is 10.7. The molecule has 0 spiro atoms. The summed E-state index contributed by atoms with van der Waals surface area (Å²) in [4.78, 5) is 17.4. The fraction of sp³-hybridized carbons (Fsp3) is 0.625. The quantitative estimate of drug-likeness (QED) is 0.699. The molecule has 5 heteroatoms. The Bertz CT molecular complexity index is 424. The molecule has 1 saturated heterocycles. The van der Waals surface area contributed by atoms with Gasteiger partial charge in [0.25, 0.3) is 0 Å². The molecule has 5 nitrogen and oxygen atoms in total. The monoisotopic (exact) mass is 290 g/mol. The molecule has 1 unspecified atom stereocenters. The number of piperazine rings is 1. The van der Waals surface area contributed by atoms with Gasteiger partial charge in [0, 0.05) is 44.5 Å². The Labute approximate surface area is 126 Å². The van der Waals surface area contributed by atoms with Crippen LogP contribution in [0.3, 0.4) is 0 Å². The standard InChI is InChI=1S/C16H26N4O/c17-16(21)4-2-1-3-10-20-11-9-19-13-15(20)12-14-5-7-18-8-6-14/h5-8,15,19H,1-4,9-13H2,(H2,17,21). The van der Waals surface area contributed by atoms with Crippen LogP contribution < -0.4 is 11.1 Å². The smallest absolute Gasteiger partial charge is 0.217 e. The van der Waals surface area contributed by atoms with E-state index >= 15 is 0 Å². The van der Waals surface area contributed by atoms with Crippen molar-refractivity contribution in [2.24, 2.45) is 5.73 Å². The molecule has 0 aromatic carbocycles. The number of unbranched alkanes of at least 4 members (excludes halogenated alkanes) is 2. The van der Waals surface area contributed by atoms with Crippen LogP contribution in [0, 0.1) is 0 Å². The summed E-state index contributed by atoms with van der Waals surface area (Å²) in [6.07, 6.45) is 8.43. The number of rotatable bonds is 8. The molecule has 2 rings (SSSR count). The molecule has 1 aromatic rings. The van der Waals surface area contributed by atoms with Crippen molar-refractivity contribution >= 4 is 5.91 Å². The Kier molecular flexibility index (Phi) is 6.63. The summed E-state index contributed by atoms with van der Waals surface area (Å²) in [6, 6.07) is 4.75. The highest BCUT2D eigenvalue weighted by Gasteiger charge is 2.21. The third-order valence-corrected chi connectivity index (χ3v) is 4.06. The Hall–Kier alpha value is -1.46. The number of aromatic nitrogens is 1. The van der Waals surface area contributed by atoms with E-state index < -0.39 is 0 Å². The third-order valence-electron chi connectivity index (χ3n) is 4.06. The lowest BCUT2D eigenvalue weighted by molar-refractivity contribution is -0.118. The SMILES string of the molecule is NC(=O)CCCCCN1CCNCC1Cc1ccncc1. The van der Waals surface area contributed by atoms with Crippen LogP contribution in [0.25, 0.3) is 0 Å². The number of pyridine rings is 1. The van der Waals surface area contributed by atoms with Gasteiger partial charge in [0.05, 0.1) is 0 Å². The number of hydrogen-bond acceptors (Lipinski definition) is 4. The van der Waals surface area contributed by atoms with Crippen molar-refractivity contribution in [3.05, 3.63) is 30.1 Å². The average molecular weight is 290 g/mol. The topological polar surface area (TPSA) is 71.2 Å². The van der Waals surface area contributed by atoms with Gasteiger partial charge in [0.15, 0.2) is 0 Å². The first-order chi connectivity index (χ1) is 10.3. The third kappa shape index (κ3) is 5.81. The van der Waals surface area contributed by atoms with Gasteiger partial charge in [-0.2, -0.15) is 0 Å². The molecular formula is C16H26N4O. The number of carbonyl (C=O) groups is 1. The molecule has 116 valence electrons. The van der Waals surface area contributed by atoms with Crippen LogP contribution in [0.4, 0.5) is 0 Å². The molecule has 0 aliphatic carbocycles. The maximum atomic E-state index is 10.7. The highest BCUT2D eigenvalue weighted by atomic mass is 16.1. The van der Waals surface area contributed by atoms with Crippen LogP contribution in [0.2, 0.25) is 0 Å². The fourth-order valence-corrected chi connectivity index (χ4v) is 2.88. The van der Waals surface area contributed by atoms with Crippen LogP contribution >= 0.6 is 0 Å².